The van der Waals surface area contributed by atoms with Gasteiger partial charge in [0.25, 0.3) is 0 Å². The van der Waals surface area contributed by atoms with Crippen LogP contribution >= 0.6 is 46.6 Å². The van der Waals surface area contributed by atoms with E-state index in [2.05, 4.69) is 15.3 Å². The van der Waals surface area contributed by atoms with Crippen molar-refractivity contribution in [1.29, 1.82) is 0 Å². The highest BCUT2D eigenvalue weighted by Gasteiger charge is 2.39. The molecule has 192 valence electrons. The molecule has 3 aromatic rings. The summed E-state index contributed by atoms with van der Waals surface area (Å²) >= 11 is 19.4. The van der Waals surface area contributed by atoms with Crippen LogP contribution in [-0.4, -0.2) is 43.8 Å². The van der Waals surface area contributed by atoms with Crippen molar-refractivity contribution in [3.63, 3.8) is 0 Å². The number of phenols is 1. The third-order valence-electron chi connectivity index (χ3n) is 5.49. The number of amidine groups is 1. The highest BCUT2D eigenvalue weighted by molar-refractivity contribution is 8.15. The lowest BCUT2D eigenvalue weighted by atomic mass is 10.2. The molecule has 2 amide bonds. The Balaban J connectivity index is 1.49. The first-order valence-corrected chi connectivity index (χ1v) is 13.4. The number of nitrogens with one attached hydrogen (secondary N) is 1. The van der Waals surface area contributed by atoms with Crippen molar-refractivity contribution in [2.45, 2.75) is 31.4 Å². The fraction of sp³-hybridized carbons (Fsp3) is 0.231. The molecule has 0 aliphatic carbocycles. The van der Waals surface area contributed by atoms with Crippen LogP contribution in [0.4, 0.5) is 11.4 Å². The normalized spacial score (nSPS) is 16.4. The summed E-state index contributed by atoms with van der Waals surface area (Å²) in [7, 11) is 0. The molecule has 2 heterocycles. The summed E-state index contributed by atoms with van der Waals surface area (Å²) in [4.78, 5) is 36.8. The number of halogens is 3. The van der Waals surface area contributed by atoms with Crippen LogP contribution in [0.15, 0.2) is 59.6 Å². The van der Waals surface area contributed by atoms with Gasteiger partial charge < -0.3 is 10.4 Å². The molecule has 1 aromatic heterocycles. The number of rotatable bonds is 8. The molecular weight excluding hydrogens is 555 g/mol. The molecular formula is C26H23Cl3N4O3S. The first-order valence-electron chi connectivity index (χ1n) is 11.4. The average molecular weight is 578 g/mol. The van der Waals surface area contributed by atoms with E-state index in [1.54, 1.807) is 23.1 Å². The Bertz CT molecular complexity index is 1370. The van der Waals surface area contributed by atoms with Gasteiger partial charge in [0.1, 0.15) is 11.0 Å². The summed E-state index contributed by atoms with van der Waals surface area (Å²) < 4.78 is 0. The van der Waals surface area contributed by atoms with Crippen molar-refractivity contribution in [2.75, 3.05) is 11.9 Å². The molecule has 2 aromatic carbocycles. The number of phenolic OH excluding ortho intramolecular Hbond substituents is 1. The zero-order valence-electron chi connectivity index (χ0n) is 19.7. The Morgan fingerprint density at radius 2 is 1.86 bits per heavy atom. The van der Waals surface area contributed by atoms with Crippen molar-refractivity contribution < 1.29 is 14.7 Å². The van der Waals surface area contributed by atoms with Crippen LogP contribution in [0.3, 0.4) is 0 Å². The van der Waals surface area contributed by atoms with Gasteiger partial charge in [-0.05, 0) is 56.2 Å². The molecule has 1 atom stereocenters. The third kappa shape index (κ3) is 7.17. The van der Waals surface area contributed by atoms with Gasteiger partial charge in [0.15, 0.2) is 5.17 Å². The predicted molar refractivity (Wildman–Crippen MR) is 150 cm³/mol. The van der Waals surface area contributed by atoms with E-state index in [1.807, 2.05) is 25.1 Å². The van der Waals surface area contributed by atoms with Gasteiger partial charge in [-0.3, -0.25) is 19.5 Å². The van der Waals surface area contributed by atoms with Crippen molar-refractivity contribution in [3.8, 4) is 5.75 Å². The minimum absolute atomic E-state index is 0.0719. The maximum absolute atomic E-state index is 13.3. The van der Waals surface area contributed by atoms with Crippen molar-refractivity contribution >= 4 is 74.9 Å². The smallest absolute Gasteiger partial charge is 0.242 e. The van der Waals surface area contributed by atoms with Gasteiger partial charge in [-0.1, -0.05) is 58.7 Å². The van der Waals surface area contributed by atoms with Crippen molar-refractivity contribution in [1.82, 2.24) is 9.88 Å². The average Bonchev–Trinajstić information content (AvgIpc) is 3.11. The minimum Gasteiger partial charge on any atom is -0.508 e. The summed E-state index contributed by atoms with van der Waals surface area (Å²) in [5, 5.41) is 13.1. The highest BCUT2D eigenvalue weighted by Crippen LogP contribution is 2.35. The van der Waals surface area contributed by atoms with Gasteiger partial charge in [0.05, 0.1) is 26.4 Å². The molecule has 4 rings (SSSR count). The molecule has 1 aliphatic heterocycles. The van der Waals surface area contributed by atoms with E-state index in [0.29, 0.717) is 35.9 Å². The van der Waals surface area contributed by atoms with Crippen LogP contribution in [0.5, 0.6) is 5.75 Å². The van der Waals surface area contributed by atoms with Crippen molar-refractivity contribution in [2.24, 2.45) is 4.99 Å². The first kappa shape index (κ1) is 27.3. The number of nitrogens with zero attached hydrogens (tertiary/aromatic N) is 3. The van der Waals surface area contributed by atoms with Gasteiger partial charge in [0, 0.05) is 30.4 Å². The van der Waals surface area contributed by atoms with Gasteiger partial charge >= 0.3 is 0 Å². The number of anilines is 1. The minimum atomic E-state index is -0.672. The Morgan fingerprint density at radius 3 is 2.62 bits per heavy atom. The second-order valence-electron chi connectivity index (χ2n) is 8.38. The Labute approximate surface area is 233 Å². The lowest BCUT2D eigenvalue weighted by molar-refractivity contribution is -0.128. The number of hydrogen-bond acceptors (Lipinski definition) is 6. The molecule has 7 nitrogen and oxygen atoms in total. The SMILES string of the molecule is Cc1cccc(CCCN2C(=O)C(CC(=O)Nc3cc(Cl)c(Cl)cc3Cl)SC2=Nc2cccc(O)c2)n1. The van der Waals surface area contributed by atoms with Gasteiger partial charge in [-0.25, -0.2) is 4.99 Å². The second kappa shape index (κ2) is 12.2. The summed E-state index contributed by atoms with van der Waals surface area (Å²) in [6.45, 7) is 2.35. The first-order chi connectivity index (χ1) is 17.7. The largest absolute Gasteiger partial charge is 0.508 e. The van der Waals surface area contributed by atoms with E-state index in [1.165, 1.54) is 30.0 Å². The van der Waals surface area contributed by atoms with Crippen LogP contribution in [0.25, 0.3) is 0 Å². The summed E-state index contributed by atoms with van der Waals surface area (Å²) in [5.41, 5.74) is 2.70. The molecule has 2 N–H and O–H groups in total. The second-order valence-corrected chi connectivity index (χ2v) is 10.8. The maximum Gasteiger partial charge on any atom is 0.242 e. The standard InChI is InChI=1S/C26H23Cl3N4O3S/c1-15-5-2-6-16(30-15)8-4-10-33-25(36)23(37-26(33)31-17-7-3-9-18(34)11-17)14-24(35)32-22-13-20(28)19(27)12-21(22)29/h2-3,5-7,9,11-13,23,34H,4,8,10,14H2,1H3,(H,32,35). The predicted octanol–water partition coefficient (Wildman–Crippen LogP) is 6.65. The number of carbonyl (C=O) groups excluding carboxylic acids is 2. The van der Waals surface area contributed by atoms with E-state index in [0.717, 1.165) is 11.4 Å². The summed E-state index contributed by atoms with van der Waals surface area (Å²) in [6, 6.07) is 15.2. The topological polar surface area (TPSA) is 94.9 Å². The molecule has 1 fully saturated rings. The molecule has 37 heavy (non-hydrogen) atoms. The summed E-state index contributed by atoms with van der Waals surface area (Å²) in [5.74, 6) is -0.534. The molecule has 1 saturated heterocycles. The highest BCUT2D eigenvalue weighted by atomic mass is 35.5. The van der Waals surface area contributed by atoms with Crippen molar-refractivity contribution in [3.05, 3.63) is 81.1 Å². The molecule has 0 saturated carbocycles. The van der Waals surface area contributed by atoms with Crippen LogP contribution < -0.4 is 5.32 Å². The zero-order chi connectivity index (χ0) is 26.5. The number of aryl methyl sites for hydroxylation is 2. The van der Waals surface area contributed by atoms with Crippen LogP contribution in [0.2, 0.25) is 15.1 Å². The van der Waals surface area contributed by atoms with Crippen LogP contribution in [0, 0.1) is 6.92 Å². The fourth-order valence-electron chi connectivity index (χ4n) is 3.75. The Morgan fingerprint density at radius 1 is 1.11 bits per heavy atom. The number of amides is 2. The van der Waals surface area contributed by atoms with E-state index in [9.17, 15) is 14.7 Å². The van der Waals surface area contributed by atoms with E-state index >= 15 is 0 Å². The monoisotopic (exact) mass is 576 g/mol. The van der Waals surface area contributed by atoms with Gasteiger partial charge in [-0.15, -0.1) is 0 Å². The maximum atomic E-state index is 13.3. The number of benzene rings is 2. The fourth-order valence-corrected chi connectivity index (χ4v) is 5.53. The lowest BCUT2D eigenvalue weighted by Gasteiger charge is -2.16. The lowest BCUT2D eigenvalue weighted by Crippen LogP contribution is -2.34. The van der Waals surface area contributed by atoms with Gasteiger partial charge in [-0.2, -0.15) is 0 Å². The molecule has 1 aliphatic rings. The molecule has 0 spiro atoms. The number of thioether (sulfide) groups is 1. The Kier molecular flexibility index (Phi) is 8.97. The molecule has 0 radical (unpaired) electrons. The quantitative estimate of drug-likeness (QED) is 0.292. The van der Waals surface area contributed by atoms with Crippen LogP contribution in [0.1, 0.15) is 24.2 Å². The van der Waals surface area contributed by atoms with E-state index in [-0.39, 0.29) is 33.1 Å². The number of aliphatic imine (C=N–C) groups is 1. The van der Waals surface area contributed by atoms with E-state index < -0.39 is 11.2 Å². The third-order valence-corrected chi connectivity index (χ3v) is 7.70. The van der Waals surface area contributed by atoms with Gasteiger partial charge in [0.2, 0.25) is 11.8 Å². The Hall–Kier alpha value is -2.78. The number of aromatic nitrogens is 1. The molecule has 0 bridgehead atoms. The number of aromatic hydroxyl groups is 1. The number of pyridine rings is 1. The van der Waals surface area contributed by atoms with Crippen LogP contribution in [-0.2, 0) is 16.0 Å². The molecule has 1 unspecified atom stereocenters. The van der Waals surface area contributed by atoms with E-state index in [4.69, 9.17) is 34.8 Å². The molecule has 11 heteroatoms. The summed E-state index contributed by atoms with van der Waals surface area (Å²) in [6.07, 6.45) is 1.27. The number of hydrogen-bond donors (Lipinski definition) is 2. The number of carbonyl (C=O) groups is 2. The zero-order valence-corrected chi connectivity index (χ0v) is 22.8.